The number of rotatable bonds is 16. The van der Waals surface area contributed by atoms with Gasteiger partial charge in [0.05, 0.1) is 19.3 Å². The maximum atomic E-state index is 13.4. The lowest BCUT2D eigenvalue weighted by Crippen LogP contribution is -2.38. The molecular weight excluding hydrogens is 659 g/mol. The average Bonchev–Trinajstić information content (AvgIpc) is 3.63. The van der Waals surface area contributed by atoms with Crippen LogP contribution < -0.4 is 20.5 Å². The Kier molecular flexibility index (Phi) is 11.3. The van der Waals surface area contributed by atoms with Crippen molar-refractivity contribution in [3.8, 4) is 22.6 Å². The van der Waals surface area contributed by atoms with Crippen LogP contribution in [0.3, 0.4) is 0 Å². The van der Waals surface area contributed by atoms with Crippen molar-refractivity contribution in [1.29, 1.82) is 0 Å². The number of nitrogens with zero attached hydrogens (tertiary/aromatic N) is 3. The molecule has 7 rings (SSSR count). The summed E-state index contributed by atoms with van der Waals surface area (Å²) in [4.78, 5) is 13.4. The summed E-state index contributed by atoms with van der Waals surface area (Å²) in [6.07, 6.45) is 5.41. The van der Waals surface area contributed by atoms with Gasteiger partial charge in [-0.3, -0.25) is 9.48 Å². The fraction of sp³-hybridized carbons (Fsp3) is 0.267. The lowest BCUT2D eigenvalue weighted by Gasteiger charge is -2.20. The van der Waals surface area contributed by atoms with Crippen molar-refractivity contribution in [2.75, 3.05) is 13.2 Å². The fourth-order valence-corrected chi connectivity index (χ4v) is 6.88. The van der Waals surface area contributed by atoms with E-state index < -0.39 is 0 Å². The number of aromatic nitrogens is 3. The van der Waals surface area contributed by atoms with Crippen LogP contribution in [0.4, 0.5) is 0 Å². The molecular formula is C45H47N5O3. The van der Waals surface area contributed by atoms with Gasteiger partial charge in [-0.1, -0.05) is 116 Å². The largest absolute Gasteiger partial charge is 0.493 e. The summed E-state index contributed by atoms with van der Waals surface area (Å²) < 4.78 is 14.9. The Bertz CT molecular complexity index is 2330. The lowest BCUT2D eigenvalue weighted by atomic mass is 9.92. The van der Waals surface area contributed by atoms with Gasteiger partial charge in [-0.05, 0) is 88.3 Å². The summed E-state index contributed by atoms with van der Waals surface area (Å²) in [6, 6.07) is 38.8. The fourth-order valence-electron chi connectivity index (χ4n) is 6.88. The molecule has 1 heterocycles. The van der Waals surface area contributed by atoms with E-state index in [2.05, 4.69) is 96.2 Å². The van der Waals surface area contributed by atoms with E-state index in [0.717, 1.165) is 80.6 Å². The van der Waals surface area contributed by atoms with Gasteiger partial charge in [0, 0.05) is 22.7 Å². The molecule has 8 nitrogen and oxygen atoms in total. The summed E-state index contributed by atoms with van der Waals surface area (Å²) in [7, 11) is 0. The van der Waals surface area contributed by atoms with Crippen molar-refractivity contribution < 1.29 is 14.3 Å². The summed E-state index contributed by atoms with van der Waals surface area (Å²) in [5.74, 6) is 2.00. The van der Waals surface area contributed by atoms with Crippen molar-refractivity contribution >= 4 is 38.2 Å². The minimum absolute atomic E-state index is 0.109. The molecule has 0 unspecified atom stereocenters. The quantitative estimate of drug-likeness (QED) is 0.0972. The molecule has 0 saturated heterocycles. The molecule has 0 bridgehead atoms. The first-order chi connectivity index (χ1) is 26.0. The summed E-state index contributed by atoms with van der Waals surface area (Å²) in [5, 5.41) is 18.7. The zero-order valence-electron chi connectivity index (χ0n) is 30.5. The van der Waals surface area contributed by atoms with Crippen LogP contribution in [0.2, 0.25) is 0 Å². The van der Waals surface area contributed by atoms with Crippen LogP contribution in [-0.2, 0) is 13.2 Å². The van der Waals surface area contributed by atoms with E-state index in [1.807, 2.05) is 54.7 Å². The second-order valence-corrected chi connectivity index (χ2v) is 14.1. The SMILES string of the molecule is CC(C)CCOc1ccc2ccccc2c1-c1c(OCc2cn(C[C@@H](CCCCN)NC(=O)c3ccc4ccccc4c3)nn2)ccc2ccccc12. The molecule has 6 aromatic carbocycles. The summed E-state index contributed by atoms with van der Waals surface area (Å²) >= 11 is 0. The van der Waals surface area contributed by atoms with Gasteiger partial charge in [0.15, 0.2) is 0 Å². The second kappa shape index (κ2) is 16.7. The van der Waals surface area contributed by atoms with Gasteiger partial charge in [-0.25, -0.2) is 0 Å². The average molecular weight is 706 g/mol. The third kappa shape index (κ3) is 8.50. The molecule has 0 aliphatic heterocycles. The molecule has 7 aromatic rings. The smallest absolute Gasteiger partial charge is 0.251 e. The molecule has 1 atom stereocenters. The number of amides is 1. The maximum Gasteiger partial charge on any atom is 0.251 e. The van der Waals surface area contributed by atoms with E-state index >= 15 is 0 Å². The Labute approximate surface area is 310 Å². The Morgan fingerprint density at radius 3 is 2.04 bits per heavy atom. The molecule has 0 fully saturated rings. The van der Waals surface area contributed by atoms with Crippen LogP contribution in [-0.4, -0.2) is 40.1 Å². The van der Waals surface area contributed by atoms with Crippen molar-refractivity contribution in [3.63, 3.8) is 0 Å². The number of nitrogens with one attached hydrogen (secondary N) is 1. The first-order valence-electron chi connectivity index (χ1n) is 18.6. The number of ether oxygens (including phenoxy) is 2. The molecule has 270 valence electrons. The molecule has 0 radical (unpaired) electrons. The van der Waals surface area contributed by atoms with Gasteiger partial charge in [0.25, 0.3) is 5.91 Å². The molecule has 1 amide bonds. The third-order valence-electron chi connectivity index (χ3n) is 9.71. The van der Waals surface area contributed by atoms with Crippen LogP contribution in [0, 0.1) is 5.92 Å². The highest BCUT2D eigenvalue weighted by Gasteiger charge is 2.20. The lowest BCUT2D eigenvalue weighted by molar-refractivity contribution is 0.0929. The van der Waals surface area contributed by atoms with E-state index in [1.54, 1.807) is 4.68 Å². The monoisotopic (exact) mass is 705 g/mol. The van der Waals surface area contributed by atoms with Crippen LogP contribution in [0.1, 0.15) is 55.6 Å². The Morgan fingerprint density at radius 1 is 0.736 bits per heavy atom. The number of nitrogens with two attached hydrogens (primary N) is 1. The first-order valence-corrected chi connectivity index (χ1v) is 18.6. The van der Waals surface area contributed by atoms with Gasteiger partial charge in [-0.2, -0.15) is 0 Å². The van der Waals surface area contributed by atoms with Crippen LogP contribution >= 0.6 is 0 Å². The van der Waals surface area contributed by atoms with E-state index in [0.29, 0.717) is 36.9 Å². The van der Waals surface area contributed by atoms with Crippen LogP contribution in [0.5, 0.6) is 11.5 Å². The number of hydrogen-bond donors (Lipinski definition) is 2. The van der Waals surface area contributed by atoms with Crippen molar-refractivity contribution in [3.05, 3.63) is 133 Å². The third-order valence-corrected chi connectivity index (χ3v) is 9.71. The van der Waals surface area contributed by atoms with Crippen molar-refractivity contribution in [2.45, 2.75) is 58.7 Å². The van der Waals surface area contributed by atoms with Gasteiger partial charge >= 0.3 is 0 Å². The first kappa shape index (κ1) is 35.7. The standard InChI is InChI=1S/C45H47N5O3/c1-31(2)24-26-52-41-22-20-33-12-5-7-16-39(33)43(41)44-40-17-8-6-13-34(40)21-23-42(44)53-30-38-29-50(49-48-38)28-37(15-9-10-25-46)47-45(51)36-19-18-32-11-3-4-14-35(32)27-36/h3-8,11-14,16-23,27,29,31,37H,9-10,15,24-26,28,30,46H2,1-2H3,(H,47,51)/t37-/m1/s1. The van der Waals surface area contributed by atoms with E-state index in [1.165, 1.54) is 0 Å². The summed E-state index contributed by atoms with van der Waals surface area (Å²) in [5.41, 5.74) is 9.14. The topological polar surface area (TPSA) is 104 Å². The molecule has 3 N–H and O–H groups in total. The number of carbonyl (C=O) groups is 1. The minimum atomic E-state index is -0.149. The highest BCUT2D eigenvalue weighted by Crippen LogP contribution is 2.45. The second-order valence-electron chi connectivity index (χ2n) is 14.1. The van der Waals surface area contributed by atoms with Crippen LogP contribution in [0.15, 0.2) is 121 Å². The van der Waals surface area contributed by atoms with Crippen LogP contribution in [0.25, 0.3) is 43.4 Å². The zero-order chi connectivity index (χ0) is 36.6. The van der Waals surface area contributed by atoms with E-state index in [-0.39, 0.29) is 18.6 Å². The number of hydrogen-bond acceptors (Lipinski definition) is 6. The molecule has 1 aromatic heterocycles. The number of unbranched alkanes of at least 4 members (excludes halogenated alkanes) is 1. The number of carbonyl (C=O) groups excluding carboxylic acids is 1. The van der Waals surface area contributed by atoms with Gasteiger partial charge in [0.1, 0.15) is 23.8 Å². The maximum absolute atomic E-state index is 13.4. The molecule has 0 aliphatic carbocycles. The molecule has 8 heteroatoms. The van der Waals surface area contributed by atoms with Gasteiger partial charge in [0.2, 0.25) is 0 Å². The predicted molar refractivity (Wildman–Crippen MR) is 214 cm³/mol. The Hall–Kier alpha value is -5.73. The normalized spacial score (nSPS) is 12.1. The van der Waals surface area contributed by atoms with E-state index in [9.17, 15) is 4.79 Å². The predicted octanol–water partition coefficient (Wildman–Crippen LogP) is 9.34. The highest BCUT2D eigenvalue weighted by atomic mass is 16.5. The van der Waals surface area contributed by atoms with Crippen molar-refractivity contribution in [2.24, 2.45) is 11.7 Å². The molecule has 0 aliphatic rings. The van der Waals surface area contributed by atoms with E-state index in [4.69, 9.17) is 15.2 Å². The van der Waals surface area contributed by atoms with Crippen molar-refractivity contribution in [1.82, 2.24) is 20.3 Å². The summed E-state index contributed by atoms with van der Waals surface area (Å²) in [6.45, 7) is 6.36. The number of fused-ring (bicyclic) bond motifs is 3. The minimum Gasteiger partial charge on any atom is -0.493 e. The van der Waals surface area contributed by atoms with Gasteiger partial charge in [-0.15, -0.1) is 5.10 Å². The molecule has 0 saturated carbocycles. The Balaban J connectivity index is 1.13. The molecule has 53 heavy (non-hydrogen) atoms. The Morgan fingerprint density at radius 2 is 1.36 bits per heavy atom. The molecule has 0 spiro atoms. The number of benzene rings is 6. The van der Waals surface area contributed by atoms with Gasteiger partial charge < -0.3 is 20.5 Å². The highest BCUT2D eigenvalue weighted by molar-refractivity contribution is 6.09. The zero-order valence-corrected chi connectivity index (χ0v) is 30.5.